The Balaban J connectivity index is 2.28. The summed E-state index contributed by atoms with van der Waals surface area (Å²) in [6, 6.07) is 6.70. The minimum Gasteiger partial charge on any atom is -0.316 e. The Morgan fingerprint density at radius 3 is 3.00 bits per heavy atom. The molecule has 0 saturated carbocycles. The predicted octanol–water partition coefficient (Wildman–Crippen LogP) is 2.53. The van der Waals surface area contributed by atoms with Crippen LogP contribution in [0.1, 0.15) is 6.92 Å². The van der Waals surface area contributed by atoms with Gasteiger partial charge in [0.25, 0.3) is 0 Å². The number of thioether (sulfide) groups is 1. The molecular formula is C10H14FNS. The van der Waals surface area contributed by atoms with Gasteiger partial charge in [-0.2, -0.15) is 0 Å². The van der Waals surface area contributed by atoms with Crippen LogP contribution in [0.25, 0.3) is 0 Å². The smallest absolute Gasteiger partial charge is 0.124 e. The van der Waals surface area contributed by atoms with E-state index < -0.39 is 0 Å². The van der Waals surface area contributed by atoms with Crippen LogP contribution in [0.3, 0.4) is 0 Å². The van der Waals surface area contributed by atoms with Crippen molar-refractivity contribution in [3.05, 3.63) is 30.1 Å². The van der Waals surface area contributed by atoms with E-state index in [2.05, 4.69) is 12.2 Å². The highest BCUT2D eigenvalue weighted by Gasteiger charge is 1.94. The Labute approximate surface area is 82.7 Å². The van der Waals surface area contributed by atoms with Crippen molar-refractivity contribution in [1.82, 2.24) is 5.32 Å². The number of rotatable bonds is 5. The highest BCUT2D eigenvalue weighted by atomic mass is 32.2. The molecule has 0 fully saturated rings. The van der Waals surface area contributed by atoms with Gasteiger partial charge in [0.1, 0.15) is 5.82 Å². The summed E-state index contributed by atoms with van der Waals surface area (Å²) in [6.45, 7) is 4.04. The summed E-state index contributed by atoms with van der Waals surface area (Å²) in [6.07, 6.45) is 0. The van der Waals surface area contributed by atoms with Crippen molar-refractivity contribution in [2.45, 2.75) is 11.8 Å². The number of benzene rings is 1. The molecule has 0 bridgehead atoms. The van der Waals surface area contributed by atoms with Crippen LogP contribution in [0.2, 0.25) is 0 Å². The van der Waals surface area contributed by atoms with Crippen LogP contribution in [0.5, 0.6) is 0 Å². The van der Waals surface area contributed by atoms with Gasteiger partial charge in [-0.25, -0.2) is 4.39 Å². The van der Waals surface area contributed by atoms with Crippen molar-refractivity contribution >= 4 is 11.8 Å². The van der Waals surface area contributed by atoms with E-state index in [1.807, 2.05) is 6.07 Å². The molecule has 0 aliphatic rings. The number of halogens is 1. The van der Waals surface area contributed by atoms with E-state index in [4.69, 9.17) is 0 Å². The molecule has 3 heteroatoms. The molecule has 0 spiro atoms. The second kappa shape index (κ2) is 6.00. The van der Waals surface area contributed by atoms with Gasteiger partial charge in [0.05, 0.1) is 0 Å². The summed E-state index contributed by atoms with van der Waals surface area (Å²) >= 11 is 1.67. The van der Waals surface area contributed by atoms with Crippen molar-refractivity contribution in [3.8, 4) is 0 Å². The zero-order valence-corrected chi connectivity index (χ0v) is 8.53. The molecule has 13 heavy (non-hydrogen) atoms. The van der Waals surface area contributed by atoms with Crippen LogP contribution >= 0.6 is 11.8 Å². The molecule has 72 valence electrons. The van der Waals surface area contributed by atoms with Crippen molar-refractivity contribution in [3.63, 3.8) is 0 Å². The van der Waals surface area contributed by atoms with Crippen molar-refractivity contribution in [2.75, 3.05) is 18.8 Å². The molecule has 0 aromatic heterocycles. The molecule has 0 aliphatic heterocycles. The molecule has 1 aromatic rings. The molecule has 0 amide bonds. The molecule has 0 unspecified atom stereocenters. The Hall–Kier alpha value is -0.540. The van der Waals surface area contributed by atoms with E-state index in [1.54, 1.807) is 23.9 Å². The van der Waals surface area contributed by atoms with Gasteiger partial charge in [0.2, 0.25) is 0 Å². The summed E-state index contributed by atoms with van der Waals surface area (Å²) in [5.41, 5.74) is 0. The lowest BCUT2D eigenvalue weighted by Gasteiger charge is -2.01. The van der Waals surface area contributed by atoms with Gasteiger partial charge in [-0.15, -0.1) is 11.8 Å². The number of hydrogen-bond donors (Lipinski definition) is 1. The molecule has 1 N–H and O–H groups in total. The van der Waals surface area contributed by atoms with Crippen LogP contribution < -0.4 is 5.32 Å². The van der Waals surface area contributed by atoms with Gasteiger partial charge < -0.3 is 5.32 Å². The van der Waals surface area contributed by atoms with Gasteiger partial charge in [0, 0.05) is 17.2 Å². The quantitative estimate of drug-likeness (QED) is 0.577. The zero-order valence-electron chi connectivity index (χ0n) is 7.72. The standard InChI is InChI=1S/C10H14FNS/c1-2-12-6-7-13-10-5-3-4-9(11)8-10/h3-5,8,12H,2,6-7H2,1H3. The molecule has 1 rings (SSSR count). The summed E-state index contributed by atoms with van der Waals surface area (Å²) in [4.78, 5) is 0.998. The van der Waals surface area contributed by atoms with Crippen LogP contribution in [-0.2, 0) is 0 Å². The Bertz CT molecular complexity index is 252. The van der Waals surface area contributed by atoms with Gasteiger partial charge >= 0.3 is 0 Å². The van der Waals surface area contributed by atoms with Crippen LogP contribution in [0.15, 0.2) is 29.2 Å². The summed E-state index contributed by atoms with van der Waals surface area (Å²) < 4.78 is 12.7. The monoisotopic (exact) mass is 199 g/mol. The minimum absolute atomic E-state index is 0.159. The Morgan fingerprint density at radius 2 is 2.31 bits per heavy atom. The van der Waals surface area contributed by atoms with E-state index in [0.717, 1.165) is 23.7 Å². The predicted molar refractivity (Wildman–Crippen MR) is 55.7 cm³/mol. The highest BCUT2D eigenvalue weighted by Crippen LogP contribution is 2.17. The molecule has 0 saturated heterocycles. The first-order chi connectivity index (χ1) is 6.33. The molecule has 0 atom stereocenters. The maximum Gasteiger partial charge on any atom is 0.124 e. The third kappa shape index (κ3) is 4.29. The van der Waals surface area contributed by atoms with Crippen molar-refractivity contribution in [1.29, 1.82) is 0 Å². The highest BCUT2D eigenvalue weighted by molar-refractivity contribution is 7.99. The lowest BCUT2D eigenvalue weighted by atomic mass is 10.4. The van der Waals surface area contributed by atoms with Gasteiger partial charge in [0.15, 0.2) is 0 Å². The van der Waals surface area contributed by atoms with E-state index in [0.29, 0.717) is 0 Å². The van der Waals surface area contributed by atoms with Crippen molar-refractivity contribution < 1.29 is 4.39 Å². The average molecular weight is 199 g/mol. The third-order valence-electron chi connectivity index (χ3n) is 1.59. The fraction of sp³-hybridized carbons (Fsp3) is 0.400. The second-order valence-electron chi connectivity index (χ2n) is 2.66. The molecule has 0 radical (unpaired) electrons. The first-order valence-electron chi connectivity index (χ1n) is 4.42. The van der Waals surface area contributed by atoms with E-state index in [1.165, 1.54) is 6.07 Å². The maximum absolute atomic E-state index is 12.7. The van der Waals surface area contributed by atoms with Crippen LogP contribution in [0.4, 0.5) is 4.39 Å². The lowest BCUT2D eigenvalue weighted by Crippen LogP contribution is -2.15. The van der Waals surface area contributed by atoms with Crippen LogP contribution in [-0.4, -0.2) is 18.8 Å². The molecule has 1 aromatic carbocycles. The molecule has 0 heterocycles. The number of nitrogens with one attached hydrogen (secondary N) is 1. The fourth-order valence-corrected chi connectivity index (χ4v) is 1.83. The topological polar surface area (TPSA) is 12.0 Å². The Morgan fingerprint density at radius 1 is 1.46 bits per heavy atom. The second-order valence-corrected chi connectivity index (χ2v) is 3.83. The molecule has 1 nitrogen and oxygen atoms in total. The molecular weight excluding hydrogens is 185 g/mol. The minimum atomic E-state index is -0.159. The lowest BCUT2D eigenvalue weighted by molar-refractivity contribution is 0.624. The first kappa shape index (κ1) is 10.5. The SMILES string of the molecule is CCNCCSc1cccc(F)c1. The number of hydrogen-bond acceptors (Lipinski definition) is 2. The normalized spacial score (nSPS) is 10.3. The summed E-state index contributed by atoms with van der Waals surface area (Å²) in [7, 11) is 0. The van der Waals surface area contributed by atoms with Gasteiger partial charge in [-0.1, -0.05) is 13.0 Å². The zero-order chi connectivity index (χ0) is 9.52. The van der Waals surface area contributed by atoms with E-state index in [-0.39, 0.29) is 5.82 Å². The third-order valence-corrected chi connectivity index (χ3v) is 2.59. The maximum atomic E-state index is 12.7. The average Bonchev–Trinajstić information content (AvgIpc) is 2.13. The summed E-state index contributed by atoms with van der Waals surface area (Å²) in [5.74, 6) is 0.825. The van der Waals surface area contributed by atoms with Gasteiger partial charge in [-0.05, 0) is 24.7 Å². The molecule has 0 aliphatic carbocycles. The first-order valence-corrected chi connectivity index (χ1v) is 5.40. The van der Waals surface area contributed by atoms with Crippen LogP contribution in [0, 0.1) is 5.82 Å². The van der Waals surface area contributed by atoms with E-state index in [9.17, 15) is 4.39 Å². The summed E-state index contributed by atoms with van der Waals surface area (Å²) in [5, 5.41) is 3.22. The van der Waals surface area contributed by atoms with Crippen molar-refractivity contribution in [2.24, 2.45) is 0 Å². The largest absolute Gasteiger partial charge is 0.316 e. The Kier molecular flexibility index (Phi) is 4.86. The van der Waals surface area contributed by atoms with Gasteiger partial charge in [-0.3, -0.25) is 0 Å². The van der Waals surface area contributed by atoms with E-state index >= 15 is 0 Å². The fourth-order valence-electron chi connectivity index (χ4n) is 0.975.